The van der Waals surface area contributed by atoms with Crippen LogP contribution in [-0.2, 0) is 16.1 Å². The molecule has 3 aromatic rings. The molecule has 0 aliphatic carbocycles. The van der Waals surface area contributed by atoms with Gasteiger partial charge in [-0.15, -0.1) is 0 Å². The van der Waals surface area contributed by atoms with E-state index in [9.17, 15) is 4.79 Å². The zero-order valence-corrected chi connectivity index (χ0v) is 23.5. The molecule has 0 saturated carbocycles. The van der Waals surface area contributed by atoms with Crippen LogP contribution in [0.4, 0.5) is 11.6 Å². The van der Waals surface area contributed by atoms with Crippen molar-refractivity contribution in [2.75, 3.05) is 31.6 Å². The highest BCUT2D eigenvalue weighted by atomic mass is 16.6. The van der Waals surface area contributed by atoms with Gasteiger partial charge in [-0.2, -0.15) is 0 Å². The summed E-state index contributed by atoms with van der Waals surface area (Å²) in [4.78, 5) is 23.4. The number of rotatable bonds is 13. The number of ether oxygens (including phenoxy) is 2. The van der Waals surface area contributed by atoms with Crippen LogP contribution in [0.5, 0.6) is 5.75 Å². The molecule has 0 bridgehead atoms. The Balaban J connectivity index is 1.48. The fourth-order valence-electron chi connectivity index (χ4n) is 3.70. The first-order valence-electron chi connectivity index (χ1n) is 13.3. The van der Waals surface area contributed by atoms with Gasteiger partial charge in [-0.05, 0) is 76.2 Å². The van der Waals surface area contributed by atoms with E-state index in [0.29, 0.717) is 19.1 Å². The van der Waals surface area contributed by atoms with Gasteiger partial charge in [0, 0.05) is 36.7 Å². The van der Waals surface area contributed by atoms with E-state index in [1.807, 2.05) is 76.2 Å². The first-order valence-corrected chi connectivity index (χ1v) is 13.3. The van der Waals surface area contributed by atoms with E-state index in [0.717, 1.165) is 47.8 Å². The molecule has 0 amide bonds. The molecule has 0 unspecified atom stereocenters. The average molecular weight is 520 g/mol. The molecule has 38 heavy (non-hydrogen) atoms. The minimum absolute atomic E-state index is 0.255. The summed E-state index contributed by atoms with van der Waals surface area (Å²) in [5.74, 6) is 1.12. The van der Waals surface area contributed by atoms with Gasteiger partial charge in [-0.1, -0.05) is 38.1 Å². The van der Waals surface area contributed by atoms with Crippen LogP contribution in [0, 0.1) is 0 Å². The second kappa shape index (κ2) is 13.9. The number of benzene rings is 2. The van der Waals surface area contributed by atoms with Gasteiger partial charge < -0.3 is 25.0 Å². The van der Waals surface area contributed by atoms with E-state index in [1.165, 1.54) is 0 Å². The van der Waals surface area contributed by atoms with Crippen LogP contribution in [0.15, 0.2) is 60.9 Å². The van der Waals surface area contributed by atoms with Crippen LogP contribution in [0.3, 0.4) is 0 Å². The second-order valence-corrected chi connectivity index (χ2v) is 10.2. The lowest BCUT2D eigenvalue weighted by Gasteiger charge is -2.22. The SMILES string of the molecule is CCN(CC)CCOc1ccc(Nc2ncc(-c3ccc(CN[C@@H](C)C(=O)OC(C)(C)C)cc3)cn2)cc1. The number of carbonyl (C=O) groups is 1. The maximum atomic E-state index is 12.1. The fraction of sp³-hybridized carbons (Fsp3) is 0.433. The van der Waals surface area contributed by atoms with E-state index in [1.54, 1.807) is 12.4 Å². The fourth-order valence-corrected chi connectivity index (χ4v) is 3.70. The third-order valence-corrected chi connectivity index (χ3v) is 5.99. The number of hydrogen-bond donors (Lipinski definition) is 2. The summed E-state index contributed by atoms with van der Waals surface area (Å²) < 4.78 is 11.3. The summed E-state index contributed by atoms with van der Waals surface area (Å²) in [5, 5.41) is 6.45. The monoisotopic (exact) mass is 519 g/mol. The van der Waals surface area contributed by atoms with Gasteiger partial charge in [0.2, 0.25) is 5.95 Å². The number of aromatic nitrogens is 2. The van der Waals surface area contributed by atoms with Gasteiger partial charge in [0.1, 0.15) is 24.0 Å². The highest BCUT2D eigenvalue weighted by Gasteiger charge is 2.21. The van der Waals surface area contributed by atoms with Gasteiger partial charge in [-0.3, -0.25) is 4.79 Å². The Labute approximate surface area is 226 Å². The molecular weight excluding hydrogens is 478 g/mol. The Bertz CT molecular complexity index is 1120. The molecule has 0 fully saturated rings. The van der Waals surface area contributed by atoms with Crippen LogP contribution < -0.4 is 15.4 Å². The normalized spacial score (nSPS) is 12.3. The summed E-state index contributed by atoms with van der Waals surface area (Å²) in [6.45, 7) is 15.9. The minimum atomic E-state index is -0.494. The molecule has 204 valence electrons. The Morgan fingerprint density at radius 2 is 1.58 bits per heavy atom. The molecule has 1 heterocycles. The second-order valence-electron chi connectivity index (χ2n) is 10.2. The van der Waals surface area contributed by atoms with Crippen molar-refractivity contribution in [2.24, 2.45) is 0 Å². The molecule has 0 aliphatic heterocycles. The molecule has 1 atom stereocenters. The summed E-state index contributed by atoms with van der Waals surface area (Å²) >= 11 is 0. The van der Waals surface area contributed by atoms with Crippen LogP contribution in [0.2, 0.25) is 0 Å². The smallest absolute Gasteiger partial charge is 0.323 e. The van der Waals surface area contributed by atoms with E-state index in [4.69, 9.17) is 9.47 Å². The molecule has 8 nitrogen and oxygen atoms in total. The number of hydrogen-bond acceptors (Lipinski definition) is 8. The molecule has 2 N–H and O–H groups in total. The van der Waals surface area contributed by atoms with E-state index < -0.39 is 5.60 Å². The summed E-state index contributed by atoms with van der Waals surface area (Å²) in [7, 11) is 0. The van der Waals surface area contributed by atoms with Crippen molar-refractivity contribution in [2.45, 2.75) is 59.7 Å². The first kappa shape index (κ1) is 29.1. The molecule has 0 spiro atoms. The Morgan fingerprint density at radius 1 is 0.947 bits per heavy atom. The van der Waals surface area contributed by atoms with Crippen molar-refractivity contribution in [3.8, 4) is 16.9 Å². The Morgan fingerprint density at radius 3 is 2.16 bits per heavy atom. The molecule has 8 heteroatoms. The number of esters is 1. The molecule has 3 rings (SSSR count). The van der Waals surface area contributed by atoms with Gasteiger partial charge in [-0.25, -0.2) is 9.97 Å². The Hall–Kier alpha value is -3.49. The van der Waals surface area contributed by atoms with Crippen LogP contribution >= 0.6 is 0 Å². The van der Waals surface area contributed by atoms with Crippen molar-refractivity contribution in [1.82, 2.24) is 20.2 Å². The molecule has 2 aromatic carbocycles. The lowest BCUT2D eigenvalue weighted by Crippen LogP contribution is -2.38. The number of likely N-dealkylation sites (N-methyl/N-ethyl adjacent to an activating group) is 1. The molecule has 0 aliphatic rings. The topological polar surface area (TPSA) is 88.6 Å². The van der Waals surface area contributed by atoms with Crippen molar-refractivity contribution < 1.29 is 14.3 Å². The highest BCUT2D eigenvalue weighted by molar-refractivity contribution is 5.75. The quantitative estimate of drug-likeness (QED) is 0.289. The number of carbonyl (C=O) groups excluding carboxylic acids is 1. The Kier molecular flexibility index (Phi) is 10.6. The van der Waals surface area contributed by atoms with E-state index >= 15 is 0 Å². The maximum absolute atomic E-state index is 12.1. The lowest BCUT2D eigenvalue weighted by atomic mass is 10.1. The third-order valence-electron chi connectivity index (χ3n) is 5.99. The molecule has 0 radical (unpaired) electrons. The number of nitrogens with zero attached hydrogens (tertiary/aromatic N) is 3. The minimum Gasteiger partial charge on any atom is -0.492 e. The van der Waals surface area contributed by atoms with Crippen molar-refractivity contribution in [1.29, 1.82) is 0 Å². The van der Waals surface area contributed by atoms with E-state index in [-0.39, 0.29) is 12.0 Å². The van der Waals surface area contributed by atoms with Crippen molar-refractivity contribution >= 4 is 17.6 Å². The highest BCUT2D eigenvalue weighted by Crippen LogP contribution is 2.21. The largest absolute Gasteiger partial charge is 0.492 e. The predicted molar refractivity (Wildman–Crippen MR) is 153 cm³/mol. The summed E-state index contributed by atoms with van der Waals surface area (Å²) in [6, 6.07) is 15.5. The zero-order valence-electron chi connectivity index (χ0n) is 23.5. The van der Waals surface area contributed by atoms with Crippen LogP contribution in [-0.4, -0.2) is 58.7 Å². The van der Waals surface area contributed by atoms with E-state index in [2.05, 4.69) is 39.3 Å². The van der Waals surface area contributed by atoms with Gasteiger partial charge >= 0.3 is 5.97 Å². The molecule has 0 saturated heterocycles. The van der Waals surface area contributed by atoms with Crippen molar-refractivity contribution in [3.63, 3.8) is 0 Å². The maximum Gasteiger partial charge on any atom is 0.323 e. The first-order chi connectivity index (χ1) is 18.2. The summed E-state index contributed by atoms with van der Waals surface area (Å²) in [6.07, 6.45) is 3.61. The number of nitrogens with one attached hydrogen (secondary N) is 2. The molecular formula is C30H41N5O3. The standard InChI is InChI=1S/C30H41N5O3/c1-7-35(8-2)17-18-37-27-15-13-26(14-16-27)34-29-32-20-25(21-33-29)24-11-9-23(10-12-24)19-31-22(3)28(36)38-30(4,5)6/h9-16,20-22,31H,7-8,17-19H2,1-6H3,(H,32,33,34)/t22-/m0/s1. The van der Waals surface area contributed by atoms with Crippen LogP contribution in [0.25, 0.3) is 11.1 Å². The predicted octanol–water partition coefficient (Wildman–Crippen LogP) is 5.43. The number of anilines is 2. The lowest BCUT2D eigenvalue weighted by molar-refractivity contribution is -0.157. The molecule has 1 aromatic heterocycles. The van der Waals surface area contributed by atoms with Gasteiger partial charge in [0.25, 0.3) is 0 Å². The average Bonchev–Trinajstić information content (AvgIpc) is 2.90. The van der Waals surface area contributed by atoms with Crippen molar-refractivity contribution in [3.05, 3.63) is 66.5 Å². The van der Waals surface area contributed by atoms with Gasteiger partial charge in [0.05, 0.1) is 0 Å². The third kappa shape index (κ3) is 9.43. The summed E-state index contributed by atoms with van der Waals surface area (Å²) in [5.41, 5.74) is 3.42. The van der Waals surface area contributed by atoms with Gasteiger partial charge in [0.15, 0.2) is 0 Å². The zero-order chi connectivity index (χ0) is 27.5. The van der Waals surface area contributed by atoms with Crippen LogP contribution in [0.1, 0.15) is 47.1 Å².